The van der Waals surface area contributed by atoms with E-state index < -0.39 is 26.9 Å². The molecule has 1 N–H and O–H groups in total. The SMILES string of the molecule is COCCN1CN([C@H]2CC[C@H](COC(=O)NCC(F)(F)F)CC2)c2c(cnc3c2ccn3COCC[Si](C)(C)C)C1=O. The minimum Gasteiger partial charge on any atom is -0.449 e. The lowest BCUT2D eigenvalue weighted by Gasteiger charge is -2.44. The van der Waals surface area contributed by atoms with Crippen LogP contribution < -0.4 is 10.2 Å². The van der Waals surface area contributed by atoms with Gasteiger partial charge in [-0.25, -0.2) is 9.78 Å². The summed E-state index contributed by atoms with van der Waals surface area (Å²) in [6.07, 6.45) is 1.12. The van der Waals surface area contributed by atoms with Crippen LogP contribution in [-0.2, 0) is 20.9 Å². The van der Waals surface area contributed by atoms with Crippen LogP contribution in [0.2, 0.25) is 25.7 Å². The summed E-state index contributed by atoms with van der Waals surface area (Å²) in [6.45, 7) is 7.94. The molecule has 0 unspecified atom stereocenters. The molecule has 1 fully saturated rings. The summed E-state index contributed by atoms with van der Waals surface area (Å²) >= 11 is 0. The third kappa shape index (κ3) is 8.38. The number of pyridine rings is 1. The van der Waals surface area contributed by atoms with Crippen molar-refractivity contribution < 1.29 is 37.0 Å². The van der Waals surface area contributed by atoms with E-state index in [4.69, 9.17) is 14.2 Å². The van der Waals surface area contributed by atoms with E-state index in [1.807, 2.05) is 16.8 Å². The van der Waals surface area contributed by atoms with Crippen LogP contribution in [0.5, 0.6) is 0 Å². The molecule has 0 radical (unpaired) electrons. The maximum atomic E-state index is 13.5. The van der Waals surface area contributed by atoms with E-state index in [2.05, 4.69) is 29.5 Å². The average Bonchev–Trinajstić information content (AvgIpc) is 3.35. The van der Waals surface area contributed by atoms with Gasteiger partial charge >= 0.3 is 12.3 Å². The summed E-state index contributed by atoms with van der Waals surface area (Å²) in [6, 6.07) is 3.19. The van der Waals surface area contributed by atoms with Crippen LogP contribution >= 0.6 is 0 Å². The van der Waals surface area contributed by atoms with Crippen molar-refractivity contribution in [3.8, 4) is 0 Å². The fourth-order valence-electron chi connectivity index (χ4n) is 5.44. The number of halogens is 3. The van der Waals surface area contributed by atoms with Crippen molar-refractivity contribution in [3.63, 3.8) is 0 Å². The van der Waals surface area contributed by atoms with Gasteiger partial charge in [0.1, 0.15) is 18.9 Å². The predicted octanol–water partition coefficient (Wildman–Crippen LogP) is 5.06. The zero-order chi connectivity index (χ0) is 30.5. The molecule has 0 atom stereocenters. The number of hydrogen-bond acceptors (Lipinski definition) is 7. The number of aromatic nitrogens is 2. The zero-order valence-electron chi connectivity index (χ0n) is 24.8. The number of rotatable bonds is 12. The molecule has 1 saturated carbocycles. The zero-order valence-corrected chi connectivity index (χ0v) is 25.8. The molecule has 0 bridgehead atoms. The third-order valence-electron chi connectivity index (χ3n) is 7.82. The van der Waals surface area contributed by atoms with Crippen LogP contribution in [0.3, 0.4) is 0 Å². The van der Waals surface area contributed by atoms with Crippen molar-refractivity contribution in [2.45, 2.75) is 70.3 Å². The Morgan fingerprint density at radius 3 is 2.57 bits per heavy atom. The number of nitrogens with one attached hydrogen (secondary N) is 1. The van der Waals surface area contributed by atoms with Gasteiger partial charge in [0.15, 0.2) is 0 Å². The Labute approximate surface area is 245 Å². The van der Waals surface area contributed by atoms with Gasteiger partial charge in [-0.05, 0) is 43.7 Å². The third-order valence-corrected chi connectivity index (χ3v) is 9.52. The molecule has 1 aliphatic carbocycles. The number of hydrogen-bond donors (Lipinski definition) is 1. The summed E-state index contributed by atoms with van der Waals surface area (Å²) in [5, 5.41) is 2.64. The second-order valence-electron chi connectivity index (χ2n) is 12.3. The maximum absolute atomic E-state index is 13.5. The first-order valence-corrected chi connectivity index (χ1v) is 18.1. The topological polar surface area (TPSA) is 98.2 Å². The average molecular weight is 614 g/mol. The smallest absolute Gasteiger partial charge is 0.407 e. The normalized spacial score (nSPS) is 19.7. The number of alkyl halides is 3. The van der Waals surface area contributed by atoms with Gasteiger partial charge in [-0.3, -0.25) is 4.79 Å². The molecule has 14 heteroatoms. The maximum Gasteiger partial charge on any atom is 0.407 e. The molecule has 0 aromatic carbocycles. The standard InChI is InChI=1S/C28H42F3N5O5Si/c1-39-12-11-34-18-36(21-7-5-20(6-8-21)16-41-27(38)33-17-28(29,30)31)24-22-9-10-35(19-40-13-14-42(2,3)4)25(22)32-15-23(24)26(34)37/h9-10,15,20-21H,5-8,11-14,16-19H2,1-4H3,(H,33,38)/t20-,21-. The molecule has 3 heterocycles. The molecule has 0 spiro atoms. The van der Waals surface area contributed by atoms with Gasteiger partial charge in [0.25, 0.3) is 5.91 Å². The first-order valence-electron chi connectivity index (χ1n) is 14.4. The highest BCUT2D eigenvalue weighted by Crippen LogP contribution is 2.39. The van der Waals surface area contributed by atoms with Crippen molar-refractivity contribution in [2.75, 3.05) is 51.6 Å². The lowest BCUT2D eigenvalue weighted by Crippen LogP contribution is -2.52. The summed E-state index contributed by atoms with van der Waals surface area (Å²) in [5.41, 5.74) is 2.18. The molecule has 42 heavy (non-hydrogen) atoms. The highest BCUT2D eigenvalue weighted by Gasteiger charge is 2.37. The molecule has 0 saturated heterocycles. The van der Waals surface area contributed by atoms with E-state index in [1.54, 1.807) is 23.5 Å². The van der Waals surface area contributed by atoms with Gasteiger partial charge < -0.3 is 33.9 Å². The summed E-state index contributed by atoms with van der Waals surface area (Å²) in [5.74, 6) is -0.0287. The molecular weight excluding hydrogens is 571 g/mol. The summed E-state index contributed by atoms with van der Waals surface area (Å²) < 4.78 is 55.3. The van der Waals surface area contributed by atoms with Gasteiger partial charge in [-0.15, -0.1) is 0 Å². The predicted molar refractivity (Wildman–Crippen MR) is 155 cm³/mol. The first-order chi connectivity index (χ1) is 19.9. The summed E-state index contributed by atoms with van der Waals surface area (Å²) in [4.78, 5) is 33.9. The molecule has 2 aromatic heterocycles. The number of anilines is 1. The Morgan fingerprint density at radius 1 is 1.17 bits per heavy atom. The molecule has 10 nitrogen and oxygen atoms in total. The highest BCUT2D eigenvalue weighted by atomic mass is 28.3. The van der Waals surface area contributed by atoms with Crippen LogP contribution in [0.25, 0.3) is 11.0 Å². The van der Waals surface area contributed by atoms with Crippen LogP contribution in [0.4, 0.5) is 23.7 Å². The number of carbonyl (C=O) groups is 2. The van der Waals surface area contributed by atoms with Gasteiger partial charge in [0.2, 0.25) is 0 Å². The lowest BCUT2D eigenvalue weighted by atomic mass is 9.85. The number of nitrogens with zero attached hydrogens (tertiary/aromatic N) is 4. The monoisotopic (exact) mass is 613 g/mol. The second-order valence-corrected chi connectivity index (χ2v) is 17.9. The number of fused-ring (bicyclic) bond motifs is 3. The fourth-order valence-corrected chi connectivity index (χ4v) is 6.19. The number of amides is 2. The van der Waals surface area contributed by atoms with Crippen LogP contribution in [0.15, 0.2) is 18.5 Å². The molecule has 2 aromatic rings. The number of methoxy groups -OCH3 is 1. The Kier molecular flexibility index (Phi) is 10.4. The van der Waals surface area contributed by atoms with Crippen molar-refractivity contribution in [2.24, 2.45) is 5.92 Å². The van der Waals surface area contributed by atoms with E-state index in [0.29, 0.717) is 38.7 Å². The number of ether oxygens (including phenoxy) is 3. The van der Waals surface area contributed by atoms with Crippen molar-refractivity contribution in [1.29, 1.82) is 0 Å². The van der Waals surface area contributed by atoms with Crippen LogP contribution in [-0.4, -0.2) is 93.4 Å². The second kappa shape index (κ2) is 13.6. The van der Waals surface area contributed by atoms with E-state index in [9.17, 15) is 22.8 Å². The molecule has 1 aliphatic heterocycles. The number of alkyl carbamates (subject to hydrolysis) is 1. The Morgan fingerprint density at radius 2 is 1.90 bits per heavy atom. The van der Waals surface area contributed by atoms with Gasteiger partial charge in [0, 0.05) is 52.2 Å². The fraction of sp³-hybridized carbons (Fsp3) is 0.679. The van der Waals surface area contributed by atoms with E-state index in [1.165, 1.54) is 0 Å². The van der Waals surface area contributed by atoms with Gasteiger partial charge in [-0.2, -0.15) is 13.2 Å². The van der Waals surface area contributed by atoms with Gasteiger partial charge in [-0.1, -0.05) is 19.6 Å². The van der Waals surface area contributed by atoms with E-state index in [-0.39, 0.29) is 24.5 Å². The first kappa shape index (κ1) is 32.1. The van der Waals surface area contributed by atoms with Crippen molar-refractivity contribution in [3.05, 3.63) is 24.0 Å². The molecule has 4 rings (SSSR count). The van der Waals surface area contributed by atoms with Gasteiger partial charge in [0.05, 0.1) is 31.1 Å². The van der Waals surface area contributed by atoms with Crippen molar-refractivity contribution in [1.82, 2.24) is 19.8 Å². The van der Waals surface area contributed by atoms with Crippen LogP contribution in [0.1, 0.15) is 36.0 Å². The molecule has 2 amide bonds. The minimum atomic E-state index is -4.48. The lowest BCUT2D eigenvalue weighted by molar-refractivity contribution is -0.123. The highest BCUT2D eigenvalue weighted by molar-refractivity contribution is 6.76. The largest absolute Gasteiger partial charge is 0.449 e. The minimum absolute atomic E-state index is 0.0558. The number of carbonyl (C=O) groups excluding carboxylic acids is 2. The Balaban J connectivity index is 1.47. The van der Waals surface area contributed by atoms with Crippen LogP contribution in [0, 0.1) is 5.92 Å². The molecular formula is C28H42F3N5O5Si. The Bertz CT molecular complexity index is 1230. The Hall–Kier alpha value is -2.84. The van der Waals surface area contributed by atoms with Crippen molar-refractivity contribution >= 4 is 36.8 Å². The molecule has 234 valence electrons. The van der Waals surface area contributed by atoms with E-state index in [0.717, 1.165) is 48.4 Å². The summed E-state index contributed by atoms with van der Waals surface area (Å²) in [7, 11) is 0.396. The van der Waals surface area contributed by atoms with E-state index >= 15 is 0 Å². The molecule has 2 aliphatic rings. The quantitative estimate of drug-likeness (QED) is 0.264.